The van der Waals surface area contributed by atoms with Crippen LogP contribution in [0.15, 0.2) is 255 Å². The van der Waals surface area contributed by atoms with E-state index in [1.807, 2.05) is 11.3 Å². The van der Waals surface area contributed by atoms with E-state index in [9.17, 15) is 0 Å². The maximum atomic E-state index is 2.50. The predicted octanol–water partition coefficient (Wildman–Crippen LogP) is 17.8. The molecule has 1 aliphatic carbocycles. The number of rotatable bonds is 7. The molecule has 2 heterocycles. The number of benzene rings is 11. The molecule has 0 amide bonds. The minimum absolute atomic E-state index is 0.524. The summed E-state index contributed by atoms with van der Waals surface area (Å²) in [5, 5.41) is 7.65. The van der Waals surface area contributed by atoms with Crippen LogP contribution in [0.2, 0.25) is 0 Å². The van der Waals surface area contributed by atoms with E-state index >= 15 is 0 Å². The molecule has 0 saturated carbocycles. The molecule has 0 bridgehead atoms. The Kier molecular flexibility index (Phi) is 8.71. The second-order valence-electron chi connectivity index (χ2n) is 18.0. The van der Waals surface area contributed by atoms with Crippen molar-refractivity contribution >= 4 is 81.1 Å². The van der Waals surface area contributed by atoms with E-state index in [0.29, 0.717) is 0 Å². The quantitative estimate of drug-likeness (QED) is 0.155. The van der Waals surface area contributed by atoms with Crippen molar-refractivity contribution in [3.63, 3.8) is 0 Å². The van der Waals surface area contributed by atoms with Crippen molar-refractivity contribution in [2.45, 2.75) is 5.41 Å². The highest BCUT2D eigenvalue weighted by Crippen LogP contribution is 2.58. The maximum absolute atomic E-state index is 2.50. The van der Waals surface area contributed by atoms with Gasteiger partial charge in [0.25, 0.3) is 0 Å². The molecule has 1 aliphatic rings. The van der Waals surface area contributed by atoms with Crippen molar-refractivity contribution in [2.24, 2.45) is 0 Å². The normalized spacial score (nSPS) is 12.8. The fraction of sp³-hybridized carbons (Fsp3) is 0.0154. The van der Waals surface area contributed by atoms with Gasteiger partial charge in [-0.15, -0.1) is 11.3 Å². The second kappa shape index (κ2) is 15.3. The molecule has 0 N–H and O–H groups in total. The van der Waals surface area contributed by atoms with E-state index in [-0.39, 0.29) is 0 Å². The Hall–Kier alpha value is -8.50. The fourth-order valence-electron chi connectivity index (χ4n) is 11.5. The van der Waals surface area contributed by atoms with Crippen molar-refractivity contribution < 1.29 is 0 Å². The zero-order valence-electron chi connectivity index (χ0n) is 37.1. The van der Waals surface area contributed by atoms with E-state index in [4.69, 9.17) is 0 Å². The Balaban J connectivity index is 0.976. The first-order valence-electron chi connectivity index (χ1n) is 23.4. The van der Waals surface area contributed by atoms with E-state index in [0.717, 1.165) is 22.7 Å². The molecule has 2 nitrogen and oxygen atoms in total. The topological polar surface area (TPSA) is 8.17 Å². The minimum atomic E-state index is -0.524. The maximum Gasteiger partial charge on any atom is 0.0714 e. The zero-order valence-corrected chi connectivity index (χ0v) is 37.9. The van der Waals surface area contributed by atoms with Gasteiger partial charge in [0, 0.05) is 43.3 Å². The molecule has 0 unspecified atom stereocenters. The number of hydrogen-bond acceptors (Lipinski definition) is 2. The summed E-state index contributed by atoms with van der Waals surface area (Å²) in [6.07, 6.45) is 0. The predicted molar refractivity (Wildman–Crippen MR) is 289 cm³/mol. The van der Waals surface area contributed by atoms with Crippen LogP contribution in [0, 0.1) is 0 Å². The Morgan fingerprint density at radius 3 is 1.69 bits per heavy atom. The number of hydrogen-bond donors (Lipinski definition) is 0. The van der Waals surface area contributed by atoms with Crippen LogP contribution in [0.25, 0.3) is 80.7 Å². The van der Waals surface area contributed by atoms with Crippen LogP contribution in [0.3, 0.4) is 0 Å². The molecule has 3 heteroatoms. The van der Waals surface area contributed by atoms with E-state index in [1.54, 1.807) is 0 Å². The van der Waals surface area contributed by atoms with Gasteiger partial charge in [-0.3, -0.25) is 0 Å². The van der Waals surface area contributed by atoms with Gasteiger partial charge in [0.2, 0.25) is 0 Å². The molecule has 0 radical (unpaired) electrons. The van der Waals surface area contributed by atoms with Gasteiger partial charge in [0.1, 0.15) is 0 Å². The summed E-state index contributed by atoms with van der Waals surface area (Å²) in [6, 6.07) is 94.3. The lowest BCUT2D eigenvalue weighted by Crippen LogP contribution is -2.28. The number of nitrogens with zero attached hydrogens (tertiary/aromatic N) is 2. The molecule has 11 aromatic carbocycles. The van der Waals surface area contributed by atoms with E-state index in [2.05, 4.69) is 264 Å². The molecular formula is C65H42N2S. The van der Waals surface area contributed by atoms with Crippen LogP contribution < -0.4 is 4.90 Å². The standard InChI is InChI=1S/C65H42N2S/c1-3-19-46(20-4-1)65(47-21-5-2-6-22-47)58-29-12-9-25-52(58)53-40-38-50(42-59(53)65)66(62-32-16-28-56-57-39-35-44-17-7-8-24-51(44)63(57)68-64(56)62)48-36-33-43(34-37-48)45-18-15-23-49(41-45)67-60-30-13-10-26-54(60)55-27-11-14-31-61(55)67/h1-42H. The molecule has 0 aliphatic heterocycles. The van der Waals surface area contributed by atoms with Crippen molar-refractivity contribution in [1.29, 1.82) is 0 Å². The lowest BCUT2D eigenvalue weighted by atomic mass is 9.67. The van der Waals surface area contributed by atoms with Crippen molar-refractivity contribution in [2.75, 3.05) is 4.90 Å². The van der Waals surface area contributed by atoms with Gasteiger partial charge in [-0.05, 0) is 110 Å². The molecule has 13 aromatic rings. The van der Waals surface area contributed by atoms with Crippen molar-refractivity contribution in [1.82, 2.24) is 4.57 Å². The van der Waals surface area contributed by atoms with E-state index in [1.165, 1.54) is 97.3 Å². The van der Waals surface area contributed by atoms with Gasteiger partial charge in [-0.25, -0.2) is 0 Å². The highest BCUT2D eigenvalue weighted by molar-refractivity contribution is 7.27. The Morgan fingerprint density at radius 2 is 0.941 bits per heavy atom. The summed E-state index contributed by atoms with van der Waals surface area (Å²) in [5.74, 6) is 0. The number of anilines is 3. The third-order valence-electron chi connectivity index (χ3n) is 14.5. The second-order valence-corrected chi connectivity index (χ2v) is 19.0. The van der Waals surface area contributed by atoms with Crippen LogP contribution >= 0.6 is 11.3 Å². The molecular weight excluding hydrogens is 841 g/mol. The smallest absolute Gasteiger partial charge is 0.0714 e. The van der Waals surface area contributed by atoms with Gasteiger partial charge in [-0.1, -0.05) is 200 Å². The number of para-hydroxylation sites is 2. The van der Waals surface area contributed by atoms with Crippen molar-refractivity contribution in [3.05, 3.63) is 277 Å². The largest absolute Gasteiger partial charge is 0.309 e. The summed E-state index contributed by atoms with van der Waals surface area (Å²) >= 11 is 1.90. The Bertz CT molecular complexity index is 3990. The van der Waals surface area contributed by atoms with Gasteiger partial charge in [0.05, 0.1) is 26.8 Å². The lowest BCUT2D eigenvalue weighted by molar-refractivity contribution is 0.768. The summed E-state index contributed by atoms with van der Waals surface area (Å²) in [4.78, 5) is 2.50. The molecule has 68 heavy (non-hydrogen) atoms. The first-order chi connectivity index (χ1) is 33.7. The Labute approximate surface area is 398 Å². The summed E-state index contributed by atoms with van der Waals surface area (Å²) in [6.45, 7) is 0. The monoisotopic (exact) mass is 882 g/mol. The Morgan fingerprint density at radius 1 is 0.353 bits per heavy atom. The average Bonchev–Trinajstić information content (AvgIpc) is 4.07. The molecule has 0 fully saturated rings. The van der Waals surface area contributed by atoms with Gasteiger partial charge in [-0.2, -0.15) is 0 Å². The van der Waals surface area contributed by atoms with Gasteiger partial charge >= 0.3 is 0 Å². The van der Waals surface area contributed by atoms with Crippen LogP contribution in [-0.2, 0) is 5.41 Å². The van der Waals surface area contributed by atoms with Gasteiger partial charge in [0.15, 0.2) is 0 Å². The lowest BCUT2D eigenvalue weighted by Gasteiger charge is -2.35. The number of fused-ring (bicyclic) bond motifs is 11. The first-order valence-corrected chi connectivity index (χ1v) is 24.2. The zero-order chi connectivity index (χ0) is 44.8. The third-order valence-corrected chi connectivity index (χ3v) is 15.7. The van der Waals surface area contributed by atoms with Crippen LogP contribution in [0.5, 0.6) is 0 Å². The molecule has 318 valence electrons. The summed E-state index contributed by atoms with van der Waals surface area (Å²) < 4.78 is 4.99. The molecule has 0 saturated heterocycles. The fourth-order valence-corrected chi connectivity index (χ4v) is 12.9. The van der Waals surface area contributed by atoms with Crippen LogP contribution in [-0.4, -0.2) is 4.57 Å². The van der Waals surface area contributed by atoms with Gasteiger partial charge < -0.3 is 9.47 Å². The third kappa shape index (κ3) is 5.70. The molecule has 14 rings (SSSR count). The van der Waals surface area contributed by atoms with Crippen molar-refractivity contribution in [3.8, 4) is 27.9 Å². The minimum Gasteiger partial charge on any atom is -0.309 e. The highest BCUT2D eigenvalue weighted by atomic mass is 32.1. The summed E-state index contributed by atoms with van der Waals surface area (Å²) in [7, 11) is 0. The highest BCUT2D eigenvalue weighted by Gasteiger charge is 2.46. The van der Waals surface area contributed by atoms with Crippen LogP contribution in [0.1, 0.15) is 22.3 Å². The summed E-state index contributed by atoms with van der Waals surface area (Å²) in [5.41, 5.74) is 16.4. The average molecular weight is 883 g/mol. The van der Waals surface area contributed by atoms with E-state index < -0.39 is 5.41 Å². The number of aromatic nitrogens is 1. The number of thiophene rings is 1. The van der Waals surface area contributed by atoms with Crippen LogP contribution in [0.4, 0.5) is 17.1 Å². The molecule has 0 atom stereocenters. The first kappa shape index (κ1) is 38.7. The SMILES string of the molecule is c1ccc(C2(c3ccccc3)c3ccccc3-c3ccc(N(c4ccc(-c5cccc(-n6c7ccccc7c7ccccc76)c5)cc4)c4cccc5c4sc4c6ccccc6ccc54)cc32)cc1. The molecule has 0 spiro atoms. The molecule has 2 aromatic heterocycles.